The molecule has 1 aliphatic carbocycles. The number of carboxylic acid groups (broad SMARTS) is 1. The largest absolute Gasteiger partial charge is 0.480 e. The highest BCUT2D eigenvalue weighted by molar-refractivity contribution is 5.88. The van der Waals surface area contributed by atoms with Gasteiger partial charge in [-0.3, -0.25) is 9.59 Å². The topological polar surface area (TPSA) is 122 Å². The number of carbonyl (C=O) groups is 3. The van der Waals surface area contributed by atoms with Gasteiger partial charge in [0.15, 0.2) is 0 Å². The fourth-order valence-corrected chi connectivity index (χ4v) is 1.17. The van der Waals surface area contributed by atoms with E-state index >= 15 is 0 Å². The van der Waals surface area contributed by atoms with Gasteiger partial charge in [0.2, 0.25) is 11.8 Å². The summed E-state index contributed by atoms with van der Waals surface area (Å²) in [6.45, 7) is 0.0627. The molecule has 7 nitrogen and oxygen atoms in total. The molecule has 16 heavy (non-hydrogen) atoms. The number of nitrogens with two attached hydrogens (primary N) is 1. The van der Waals surface area contributed by atoms with Gasteiger partial charge in [-0.05, 0) is 12.8 Å². The molecule has 0 spiro atoms. The predicted octanol–water partition coefficient (Wildman–Crippen LogP) is -1.82. The van der Waals surface area contributed by atoms with Gasteiger partial charge in [-0.2, -0.15) is 0 Å². The lowest BCUT2D eigenvalue weighted by Gasteiger charge is -2.12. The molecule has 0 aromatic rings. The number of carboxylic acids is 1. The zero-order valence-corrected chi connectivity index (χ0v) is 8.73. The molecule has 0 aliphatic heterocycles. The predicted molar refractivity (Wildman–Crippen MR) is 54.4 cm³/mol. The average Bonchev–Trinajstić information content (AvgIpc) is 2.96. The van der Waals surface area contributed by atoms with Crippen LogP contribution >= 0.6 is 0 Å². The van der Waals surface area contributed by atoms with E-state index in [-0.39, 0.29) is 6.54 Å². The third kappa shape index (κ3) is 4.74. The van der Waals surface area contributed by atoms with Crippen molar-refractivity contribution >= 4 is 17.8 Å². The quantitative estimate of drug-likeness (QED) is 0.409. The molecule has 0 radical (unpaired) electrons. The van der Waals surface area contributed by atoms with Crippen molar-refractivity contribution in [1.29, 1.82) is 0 Å². The first-order chi connectivity index (χ1) is 7.49. The first-order valence-corrected chi connectivity index (χ1v) is 5.03. The molecule has 0 saturated heterocycles. The maximum Gasteiger partial charge on any atom is 0.326 e. The number of nitrogens with one attached hydrogen (secondary N) is 2. The first kappa shape index (κ1) is 12.4. The van der Waals surface area contributed by atoms with Crippen LogP contribution < -0.4 is 16.4 Å². The normalized spacial score (nSPS) is 16.5. The van der Waals surface area contributed by atoms with E-state index < -0.39 is 30.2 Å². The summed E-state index contributed by atoms with van der Waals surface area (Å²) in [7, 11) is 0. The lowest BCUT2D eigenvalue weighted by molar-refractivity contribution is -0.143. The smallest absolute Gasteiger partial charge is 0.326 e. The van der Waals surface area contributed by atoms with Crippen LogP contribution in [-0.2, 0) is 14.4 Å². The van der Waals surface area contributed by atoms with E-state index in [0.717, 1.165) is 12.8 Å². The lowest BCUT2D eigenvalue weighted by Crippen LogP contribution is -2.46. The van der Waals surface area contributed by atoms with E-state index in [9.17, 15) is 14.4 Å². The average molecular weight is 229 g/mol. The molecule has 1 fully saturated rings. The van der Waals surface area contributed by atoms with Gasteiger partial charge in [0.05, 0.1) is 13.0 Å². The van der Waals surface area contributed by atoms with Crippen LogP contribution in [0.4, 0.5) is 0 Å². The second-order valence-electron chi connectivity index (χ2n) is 3.78. The van der Waals surface area contributed by atoms with Crippen LogP contribution in [0.2, 0.25) is 0 Å². The minimum Gasteiger partial charge on any atom is -0.480 e. The van der Waals surface area contributed by atoms with E-state index in [1.807, 2.05) is 0 Å². The summed E-state index contributed by atoms with van der Waals surface area (Å²) in [6, 6.07) is -0.879. The molecule has 2 amide bonds. The minimum absolute atomic E-state index is 0.0627. The number of aliphatic carboxylic acids is 1. The standard InChI is InChI=1S/C9H15N3O4/c10-7(13)3-6(9(15)16)12-8(14)4-11-5-1-2-5/h5-6,11H,1-4H2,(H2,10,13)(H,12,14)(H,15,16)/t6-/m1/s1. The highest BCUT2D eigenvalue weighted by atomic mass is 16.4. The first-order valence-electron chi connectivity index (χ1n) is 5.03. The Balaban J connectivity index is 2.30. The van der Waals surface area contributed by atoms with Crippen molar-refractivity contribution in [1.82, 2.24) is 10.6 Å². The SMILES string of the molecule is NC(=O)C[C@@H](NC(=O)CNC1CC1)C(=O)O. The minimum atomic E-state index is -1.27. The number of carbonyl (C=O) groups excluding carboxylic acids is 2. The fraction of sp³-hybridized carbons (Fsp3) is 0.667. The number of hydrogen-bond acceptors (Lipinski definition) is 4. The molecule has 0 aromatic carbocycles. The molecule has 90 valence electrons. The van der Waals surface area contributed by atoms with E-state index in [0.29, 0.717) is 6.04 Å². The van der Waals surface area contributed by atoms with Crippen LogP contribution in [0.25, 0.3) is 0 Å². The van der Waals surface area contributed by atoms with Gasteiger partial charge < -0.3 is 21.5 Å². The van der Waals surface area contributed by atoms with Crippen LogP contribution in [0, 0.1) is 0 Å². The molecule has 1 rings (SSSR count). The van der Waals surface area contributed by atoms with Gasteiger partial charge in [-0.15, -0.1) is 0 Å². The summed E-state index contributed by atoms with van der Waals surface area (Å²) in [5, 5.41) is 13.9. The summed E-state index contributed by atoms with van der Waals surface area (Å²) in [5.74, 6) is -2.47. The number of rotatable bonds is 7. The van der Waals surface area contributed by atoms with Crippen molar-refractivity contribution in [2.24, 2.45) is 5.73 Å². The van der Waals surface area contributed by atoms with Crippen LogP contribution in [0.15, 0.2) is 0 Å². The van der Waals surface area contributed by atoms with Gasteiger partial charge in [-0.25, -0.2) is 4.79 Å². The summed E-state index contributed by atoms with van der Waals surface area (Å²) in [6.07, 6.45) is 1.68. The zero-order chi connectivity index (χ0) is 12.1. The summed E-state index contributed by atoms with van der Waals surface area (Å²) in [4.78, 5) is 32.5. The van der Waals surface area contributed by atoms with E-state index in [1.165, 1.54) is 0 Å². The van der Waals surface area contributed by atoms with Gasteiger partial charge in [0.25, 0.3) is 0 Å². The van der Waals surface area contributed by atoms with Gasteiger partial charge in [0, 0.05) is 6.04 Å². The summed E-state index contributed by atoms with van der Waals surface area (Å²) in [5.41, 5.74) is 4.87. The molecule has 0 unspecified atom stereocenters. The van der Waals surface area contributed by atoms with Crippen LogP contribution in [0.1, 0.15) is 19.3 Å². The zero-order valence-electron chi connectivity index (χ0n) is 8.73. The van der Waals surface area contributed by atoms with Crippen molar-refractivity contribution < 1.29 is 19.5 Å². The third-order valence-electron chi connectivity index (χ3n) is 2.17. The second-order valence-corrected chi connectivity index (χ2v) is 3.78. The Morgan fingerprint density at radius 1 is 1.38 bits per heavy atom. The molecule has 1 aliphatic rings. The lowest BCUT2D eigenvalue weighted by atomic mass is 10.2. The Kier molecular flexibility index (Phi) is 4.24. The Bertz CT molecular complexity index is 301. The molecule has 7 heteroatoms. The number of amides is 2. The molecule has 1 atom stereocenters. The molecule has 1 saturated carbocycles. The monoisotopic (exact) mass is 229 g/mol. The van der Waals surface area contributed by atoms with Crippen LogP contribution in [0.3, 0.4) is 0 Å². The van der Waals surface area contributed by atoms with E-state index in [2.05, 4.69) is 10.6 Å². The van der Waals surface area contributed by atoms with Gasteiger partial charge in [-0.1, -0.05) is 0 Å². The van der Waals surface area contributed by atoms with Crippen LogP contribution in [0.5, 0.6) is 0 Å². The van der Waals surface area contributed by atoms with Crippen molar-refractivity contribution in [2.45, 2.75) is 31.3 Å². The van der Waals surface area contributed by atoms with Crippen LogP contribution in [-0.4, -0.2) is 41.5 Å². The number of primary amides is 1. The number of hydrogen-bond donors (Lipinski definition) is 4. The fourth-order valence-electron chi connectivity index (χ4n) is 1.17. The molecular weight excluding hydrogens is 214 g/mol. The Morgan fingerprint density at radius 3 is 2.44 bits per heavy atom. The third-order valence-corrected chi connectivity index (χ3v) is 2.17. The second kappa shape index (κ2) is 5.45. The summed E-state index contributed by atoms with van der Waals surface area (Å²) >= 11 is 0. The van der Waals surface area contributed by atoms with Crippen molar-refractivity contribution in [3.05, 3.63) is 0 Å². The summed E-state index contributed by atoms with van der Waals surface area (Å²) < 4.78 is 0. The van der Waals surface area contributed by atoms with E-state index in [1.54, 1.807) is 0 Å². The highest BCUT2D eigenvalue weighted by Gasteiger charge is 2.24. The van der Waals surface area contributed by atoms with E-state index in [4.69, 9.17) is 10.8 Å². The maximum absolute atomic E-state index is 11.3. The molecule has 0 heterocycles. The maximum atomic E-state index is 11.3. The van der Waals surface area contributed by atoms with Gasteiger partial charge >= 0.3 is 5.97 Å². The highest BCUT2D eigenvalue weighted by Crippen LogP contribution is 2.17. The molecule has 0 bridgehead atoms. The molecular formula is C9H15N3O4. The van der Waals surface area contributed by atoms with Crippen molar-refractivity contribution in [3.63, 3.8) is 0 Å². The van der Waals surface area contributed by atoms with Crippen molar-refractivity contribution in [2.75, 3.05) is 6.54 Å². The Labute approximate surface area is 92.4 Å². The van der Waals surface area contributed by atoms with Gasteiger partial charge in [0.1, 0.15) is 6.04 Å². The Hall–Kier alpha value is -1.63. The molecule has 0 aromatic heterocycles. The Morgan fingerprint density at radius 2 is 2.00 bits per heavy atom. The molecule has 5 N–H and O–H groups in total. The van der Waals surface area contributed by atoms with Crippen molar-refractivity contribution in [3.8, 4) is 0 Å².